The van der Waals surface area contributed by atoms with Crippen molar-refractivity contribution in [3.63, 3.8) is 0 Å². The predicted octanol–water partition coefficient (Wildman–Crippen LogP) is 1.92. The van der Waals surface area contributed by atoms with E-state index in [4.69, 9.17) is 10.00 Å². The molecule has 1 aliphatic heterocycles. The average Bonchev–Trinajstić information content (AvgIpc) is 2.57. The van der Waals surface area contributed by atoms with E-state index in [1.807, 2.05) is 19.2 Å². The van der Waals surface area contributed by atoms with E-state index in [2.05, 4.69) is 22.9 Å². The molecule has 1 aromatic carbocycles. The lowest BCUT2D eigenvalue weighted by Crippen LogP contribution is -2.41. The van der Waals surface area contributed by atoms with Crippen LogP contribution in [0, 0.1) is 11.3 Å². The Morgan fingerprint density at radius 1 is 1.39 bits per heavy atom. The quantitative estimate of drug-likeness (QED) is 0.866. The molecule has 0 N–H and O–H groups in total. The highest BCUT2D eigenvalue weighted by Crippen LogP contribution is 2.24. The molecule has 6 heteroatoms. The minimum atomic E-state index is -0.281. The van der Waals surface area contributed by atoms with Gasteiger partial charge in [0.05, 0.1) is 11.6 Å². The molecule has 1 aliphatic rings. The maximum atomic E-state index is 12.1. The van der Waals surface area contributed by atoms with Gasteiger partial charge in [-0.05, 0) is 31.0 Å². The van der Waals surface area contributed by atoms with Gasteiger partial charge in [-0.2, -0.15) is 10.2 Å². The summed E-state index contributed by atoms with van der Waals surface area (Å²) in [6, 6.07) is 11.4. The lowest BCUT2D eigenvalue weighted by atomic mass is 10.1. The Balaban J connectivity index is 1.80. The molecule has 0 saturated heterocycles. The van der Waals surface area contributed by atoms with Crippen molar-refractivity contribution < 1.29 is 4.74 Å². The van der Waals surface area contributed by atoms with E-state index in [1.165, 1.54) is 0 Å². The summed E-state index contributed by atoms with van der Waals surface area (Å²) < 4.78 is 7.34. The van der Waals surface area contributed by atoms with Gasteiger partial charge in [0.1, 0.15) is 12.4 Å². The van der Waals surface area contributed by atoms with Crippen LogP contribution in [-0.4, -0.2) is 22.6 Å². The van der Waals surface area contributed by atoms with E-state index in [0.29, 0.717) is 30.6 Å². The van der Waals surface area contributed by atoms with Gasteiger partial charge in [0.2, 0.25) is 5.88 Å². The molecule has 1 atom stereocenters. The molecule has 6 nitrogen and oxygen atoms in total. The van der Waals surface area contributed by atoms with Gasteiger partial charge in [-0.3, -0.25) is 4.57 Å². The molecular formula is C17H18N4O2. The second-order valence-corrected chi connectivity index (χ2v) is 5.73. The highest BCUT2D eigenvalue weighted by Gasteiger charge is 2.22. The van der Waals surface area contributed by atoms with Crippen molar-refractivity contribution in [1.29, 1.82) is 5.26 Å². The molecule has 0 radical (unpaired) electrons. The number of ether oxygens (including phenoxy) is 1. The molecule has 0 bridgehead atoms. The van der Waals surface area contributed by atoms with Gasteiger partial charge in [-0.15, -0.1) is 0 Å². The van der Waals surface area contributed by atoms with Gasteiger partial charge < -0.3 is 9.64 Å². The maximum absolute atomic E-state index is 12.1. The smallest absolute Gasteiger partial charge is 0.352 e. The first-order valence-electron chi connectivity index (χ1n) is 7.55. The lowest BCUT2D eigenvalue weighted by Gasteiger charge is -2.34. The van der Waals surface area contributed by atoms with Crippen LogP contribution in [0.1, 0.15) is 24.5 Å². The molecule has 0 spiro atoms. The summed E-state index contributed by atoms with van der Waals surface area (Å²) in [4.78, 5) is 18.2. The van der Waals surface area contributed by atoms with Crippen molar-refractivity contribution >= 4 is 5.82 Å². The van der Waals surface area contributed by atoms with Gasteiger partial charge in [-0.1, -0.05) is 12.1 Å². The first kappa shape index (κ1) is 15.1. The third kappa shape index (κ3) is 3.04. The third-order valence-corrected chi connectivity index (χ3v) is 4.23. The molecule has 1 unspecified atom stereocenters. The molecule has 118 valence electrons. The van der Waals surface area contributed by atoms with E-state index in [9.17, 15) is 4.79 Å². The van der Waals surface area contributed by atoms with Crippen molar-refractivity contribution in [2.45, 2.75) is 32.5 Å². The van der Waals surface area contributed by atoms with Crippen molar-refractivity contribution in [2.24, 2.45) is 0 Å². The number of rotatable bonds is 3. The van der Waals surface area contributed by atoms with Crippen LogP contribution in [-0.2, 0) is 13.2 Å². The number of nitrogens with zero attached hydrogens (tertiary/aromatic N) is 4. The summed E-state index contributed by atoms with van der Waals surface area (Å²) in [5.41, 5.74) is 1.25. The number of fused-ring (bicyclic) bond motifs is 1. The Morgan fingerprint density at radius 2 is 2.13 bits per heavy atom. The van der Waals surface area contributed by atoms with Crippen LogP contribution in [0.5, 0.6) is 5.88 Å². The monoisotopic (exact) mass is 310 g/mol. The topological polar surface area (TPSA) is 71.1 Å². The minimum Gasteiger partial charge on any atom is -0.473 e. The van der Waals surface area contributed by atoms with E-state index in [-0.39, 0.29) is 5.69 Å². The van der Waals surface area contributed by atoms with Gasteiger partial charge in [0.15, 0.2) is 0 Å². The molecule has 0 amide bonds. The van der Waals surface area contributed by atoms with E-state index < -0.39 is 0 Å². The number of benzene rings is 1. The van der Waals surface area contributed by atoms with Crippen molar-refractivity contribution in [2.75, 3.05) is 11.9 Å². The summed E-state index contributed by atoms with van der Waals surface area (Å²) in [6.07, 6.45) is 0.927. The predicted molar refractivity (Wildman–Crippen MR) is 86.5 cm³/mol. The normalized spacial score (nSPS) is 16.6. The Labute approximate surface area is 134 Å². The van der Waals surface area contributed by atoms with Crippen molar-refractivity contribution in [3.05, 3.63) is 51.9 Å². The minimum absolute atomic E-state index is 0.281. The van der Waals surface area contributed by atoms with E-state index >= 15 is 0 Å². The maximum Gasteiger partial charge on any atom is 0.352 e. The van der Waals surface area contributed by atoms with E-state index in [1.54, 1.807) is 22.8 Å². The largest absolute Gasteiger partial charge is 0.473 e. The second-order valence-electron chi connectivity index (χ2n) is 5.73. The van der Waals surface area contributed by atoms with Crippen molar-refractivity contribution in [3.8, 4) is 11.9 Å². The number of anilines is 1. The number of hydrogen-bond acceptors (Lipinski definition) is 5. The fraction of sp³-hybridized carbons (Fsp3) is 0.353. The molecule has 2 aromatic rings. The first-order valence-corrected chi connectivity index (χ1v) is 7.55. The Kier molecular flexibility index (Phi) is 4.02. The van der Waals surface area contributed by atoms with Gasteiger partial charge >= 0.3 is 5.69 Å². The summed E-state index contributed by atoms with van der Waals surface area (Å²) in [5, 5.41) is 8.79. The van der Waals surface area contributed by atoms with Crippen LogP contribution in [0.4, 0.5) is 5.82 Å². The van der Waals surface area contributed by atoms with Crippen LogP contribution in [0.2, 0.25) is 0 Å². The molecular weight excluding hydrogens is 292 g/mol. The fourth-order valence-electron chi connectivity index (χ4n) is 2.62. The van der Waals surface area contributed by atoms with Gasteiger partial charge in [0, 0.05) is 25.7 Å². The van der Waals surface area contributed by atoms with Crippen LogP contribution in [0.3, 0.4) is 0 Å². The number of nitriles is 1. The Morgan fingerprint density at radius 3 is 2.83 bits per heavy atom. The van der Waals surface area contributed by atoms with Crippen LogP contribution >= 0.6 is 0 Å². The van der Waals surface area contributed by atoms with Crippen molar-refractivity contribution in [1.82, 2.24) is 9.55 Å². The zero-order valence-electron chi connectivity index (χ0n) is 13.2. The number of hydrogen-bond donors (Lipinski definition) is 0. The van der Waals surface area contributed by atoms with Crippen LogP contribution in [0.15, 0.2) is 35.1 Å². The second kappa shape index (κ2) is 6.13. The summed E-state index contributed by atoms with van der Waals surface area (Å²) in [7, 11) is 1.97. The molecule has 0 saturated carbocycles. The molecule has 3 rings (SSSR count). The zero-order valence-corrected chi connectivity index (χ0v) is 13.2. The first-order chi connectivity index (χ1) is 11.1. The highest BCUT2D eigenvalue weighted by atomic mass is 16.5. The van der Waals surface area contributed by atoms with E-state index in [0.717, 1.165) is 17.8 Å². The summed E-state index contributed by atoms with van der Waals surface area (Å²) >= 11 is 0. The summed E-state index contributed by atoms with van der Waals surface area (Å²) in [6.45, 7) is 3.12. The molecule has 1 aromatic heterocycles. The molecule has 0 aliphatic carbocycles. The third-order valence-electron chi connectivity index (χ3n) is 4.23. The standard InChI is InChI=1S/C17H18N4O2/c1-12-7-8-21-16(20(12)2)9-15(19-17(21)22)23-11-14-5-3-13(10-18)4-6-14/h3-6,9,12H,7-8,11H2,1-2H3. The lowest BCUT2D eigenvalue weighted by molar-refractivity contribution is 0.290. The highest BCUT2D eigenvalue weighted by molar-refractivity contribution is 5.44. The molecule has 2 heterocycles. The Hall–Kier alpha value is -2.81. The van der Waals surface area contributed by atoms with Gasteiger partial charge in [-0.25, -0.2) is 4.79 Å². The van der Waals surface area contributed by atoms with Gasteiger partial charge in [0.25, 0.3) is 0 Å². The number of aromatic nitrogens is 2. The van der Waals surface area contributed by atoms with Crippen LogP contribution in [0.25, 0.3) is 0 Å². The SMILES string of the molecule is CC1CCn2c(cc(OCc3ccc(C#N)cc3)nc2=O)N1C. The fourth-order valence-corrected chi connectivity index (χ4v) is 2.62. The molecule has 23 heavy (non-hydrogen) atoms. The zero-order chi connectivity index (χ0) is 16.4. The summed E-state index contributed by atoms with van der Waals surface area (Å²) in [5.74, 6) is 1.16. The van der Waals surface area contributed by atoms with Crippen LogP contribution < -0.4 is 15.3 Å². The average molecular weight is 310 g/mol. The Bertz CT molecular complexity index is 805. The molecule has 0 fully saturated rings.